The zero-order valence-corrected chi connectivity index (χ0v) is 26.3. The molecular weight excluding hydrogens is 600 g/mol. The lowest BCUT2D eigenvalue weighted by molar-refractivity contribution is 0.0717. The highest BCUT2D eigenvalue weighted by atomic mass is 35.5. The van der Waals surface area contributed by atoms with Gasteiger partial charge in [0.15, 0.2) is 5.75 Å². The van der Waals surface area contributed by atoms with E-state index in [2.05, 4.69) is 4.90 Å². The summed E-state index contributed by atoms with van der Waals surface area (Å²) in [4.78, 5) is 17.4. The number of fused-ring (bicyclic) bond motifs is 2. The molecule has 2 saturated heterocycles. The van der Waals surface area contributed by atoms with Crippen molar-refractivity contribution in [1.29, 1.82) is 0 Å². The van der Waals surface area contributed by atoms with Gasteiger partial charge in [0, 0.05) is 37.8 Å². The number of anilines is 1. The van der Waals surface area contributed by atoms with Gasteiger partial charge < -0.3 is 14.5 Å². The van der Waals surface area contributed by atoms with Crippen molar-refractivity contribution in [2.24, 2.45) is 0 Å². The molecule has 0 aromatic heterocycles. The van der Waals surface area contributed by atoms with Crippen molar-refractivity contribution in [3.8, 4) is 5.75 Å². The Morgan fingerprint density at radius 2 is 1.64 bits per heavy atom. The van der Waals surface area contributed by atoms with Crippen molar-refractivity contribution >= 4 is 44.8 Å². The fraction of sp³-hybridized carbons (Fsp3) is 0.387. The molecule has 0 N–H and O–H groups in total. The molecule has 2 bridgehead atoms. The quantitative estimate of drug-likeness (QED) is 0.292. The van der Waals surface area contributed by atoms with E-state index < -0.39 is 21.4 Å². The maximum Gasteiger partial charge on any atom is 0.255 e. The Balaban J connectivity index is 1.51. The van der Waals surface area contributed by atoms with Crippen LogP contribution in [-0.4, -0.2) is 61.3 Å². The maximum atomic E-state index is 13.7. The van der Waals surface area contributed by atoms with Crippen LogP contribution in [0.1, 0.15) is 49.5 Å². The van der Waals surface area contributed by atoms with Crippen LogP contribution in [0.2, 0.25) is 10.0 Å². The summed E-state index contributed by atoms with van der Waals surface area (Å²) < 4.78 is 48.6. The molecule has 1 amide bonds. The first-order valence-corrected chi connectivity index (χ1v) is 16.0. The zero-order chi connectivity index (χ0) is 30.4. The zero-order valence-electron chi connectivity index (χ0n) is 24.0. The Kier molecular flexibility index (Phi) is 8.51. The molecule has 2 heterocycles. The van der Waals surface area contributed by atoms with Gasteiger partial charge in [-0.3, -0.25) is 4.79 Å². The van der Waals surface area contributed by atoms with Crippen LogP contribution < -0.4 is 9.64 Å². The molecule has 0 saturated carbocycles. The van der Waals surface area contributed by atoms with Crippen molar-refractivity contribution in [1.82, 2.24) is 9.21 Å². The van der Waals surface area contributed by atoms with Gasteiger partial charge in [0.2, 0.25) is 10.0 Å². The number of rotatable bonds is 7. The summed E-state index contributed by atoms with van der Waals surface area (Å²) in [5.74, 6) is -0.373. The van der Waals surface area contributed by atoms with Gasteiger partial charge in [0.05, 0.1) is 26.2 Å². The second-order valence-corrected chi connectivity index (χ2v) is 14.6. The summed E-state index contributed by atoms with van der Waals surface area (Å²) in [6, 6.07) is 16.3. The Morgan fingerprint density at radius 1 is 1.00 bits per heavy atom. The number of sulfonamides is 1. The highest BCUT2D eigenvalue weighted by molar-refractivity contribution is 7.89. The van der Waals surface area contributed by atoms with E-state index >= 15 is 0 Å². The number of carbonyl (C=O) groups is 1. The van der Waals surface area contributed by atoms with Crippen molar-refractivity contribution in [2.75, 3.05) is 25.0 Å². The van der Waals surface area contributed by atoms with Crippen LogP contribution >= 0.6 is 23.2 Å². The summed E-state index contributed by atoms with van der Waals surface area (Å²) in [5, 5.41) is 0.263. The number of piperazine rings is 1. The van der Waals surface area contributed by atoms with Crippen molar-refractivity contribution in [3.63, 3.8) is 0 Å². The van der Waals surface area contributed by atoms with Crippen molar-refractivity contribution in [2.45, 2.75) is 62.7 Å². The van der Waals surface area contributed by atoms with E-state index in [1.165, 1.54) is 22.5 Å². The molecule has 2 aliphatic rings. The van der Waals surface area contributed by atoms with Crippen LogP contribution in [-0.2, 0) is 16.6 Å². The monoisotopic (exact) mass is 633 g/mol. The molecule has 0 spiro atoms. The molecular formula is C31H34Cl2FN3O4S. The third-order valence-corrected chi connectivity index (χ3v) is 10.7. The summed E-state index contributed by atoms with van der Waals surface area (Å²) >= 11 is 13.0. The number of nitrogens with zero attached hydrogens (tertiary/aromatic N) is 3. The molecule has 2 atom stereocenters. The van der Waals surface area contributed by atoms with E-state index in [1.54, 1.807) is 18.0 Å². The summed E-state index contributed by atoms with van der Waals surface area (Å²) in [5.41, 5.74) is 1.12. The van der Waals surface area contributed by atoms with E-state index in [9.17, 15) is 17.6 Å². The molecule has 7 nitrogen and oxygen atoms in total. The van der Waals surface area contributed by atoms with Gasteiger partial charge in [-0.15, -0.1) is 0 Å². The summed E-state index contributed by atoms with van der Waals surface area (Å²) in [6.45, 7) is 6.50. The Labute approximate surface area is 256 Å². The van der Waals surface area contributed by atoms with Crippen LogP contribution in [0.3, 0.4) is 0 Å². The van der Waals surface area contributed by atoms with Crippen molar-refractivity contribution in [3.05, 3.63) is 87.7 Å². The SMILES string of the molecule is CN(C(C)(C)C)S(=O)(=O)c1cc(Cl)c(OCc2ccccc2)c(N2[C@@H]3CC[C@H]2CN(C(=O)c2ccc(F)cc2Cl)C3)c1. The van der Waals surface area contributed by atoms with Crippen LogP contribution in [0.25, 0.3) is 0 Å². The molecule has 0 aliphatic carbocycles. The van der Waals surface area contributed by atoms with Gasteiger partial charge in [-0.2, -0.15) is 4.31 Å². The first kappa shape index (κ1) is 30.6. The van der Waals surface area contributed by atoms with Gasteiger partial charge in [-0.1, -0.05) is 53.5 Å². The Morgan fingerprint density at radius 3 is 2.24 bits per heavy atom. The number of ether oxygens (including phenoxy) is 1. The molecule has 5 rings (SSSR count). The fourth-order valence-electron chi connectivity index (χ4n) is 5.58. The van der Waals surface area contributed by atoms with Crippen LogP contribution in [0.5, 0.6) is 5.75 Å². The third-order valence-electron chi connectivity index (χ3n) is 8.04. The van der Waals surface area contributed by atoms with Crippen molar-refractivity contribution < 1.29 is 22.3 Å². The number of amides is 1. The highest BCUT2D eigenvalue weighted by Gasteiger charge is 2.44. The number of hydrogen-bond donors (Lipinski definition) is 0. The van der Waals surface area contributed by atoms with Crippen LogP contribution in [0.15, 0.2) is 65.6 Å². The maximum absolute atomic E-state index is 13.7. The van der Waals surface area contributed by atoms with Gasteiger partial charge in [-0.05, 0) is 69.5 Å². The lowest BCUT2D eigenvalue weighted by Gasteiger charge is -2.43. The molecule has 0 radical (unpaired) electrons. The molecule has 224 valence electrons. The van der Waals surface area contributed by atoms with E-state index in [-0.39, 0.29) is 45.1 Å². The van der Waals surface area contributed by atoms with Crippen LogP contribution in [0.4, 0.5) is 10.1 Å². The molecule has 0 unspecified atom stereocenters. The number of hydrogen-bond acceptors (Lipinski definition) is 5. The standard InChI is InChI=1S/C31H34Cl2FN3O4S/c1-31(2,3)35(4)42(39,40)24-15-27(33)29(41-19-20-8-6-5-7-9-20)28(16-24)37-22-11-12-23(37)18-36(17-22)30(38)25-13-10-21(34)14-26(25)32/h5-10,13-16,22-23H,11-12,17-19H2,1-4H3/t22-,23+. The predicted octanol–water partition coefficient (Wildman–Crippen LogP) is 6.62. The molecule has 42 heavy (non-hydrogen) atoms. The lowest BCUT2D eigenvalue weighted by atomic mass is 10.1. The molecule has 11 heteroatoms. The molecule has 3 aromatic rings. The van der Waals surface area contributed by atoms with Gasteiger partial charge in [0.25, 0.3) is 5.91 Å². The summed E-state index contributed by atoms with van der Waals surface area (Å²) in [6.07, 6.45) is 1.58. The topological polar surface area (TPSA) is 70.2 Å². The number of carbonyl (C=O) groups excluding carboxylic acids is 1. The van der Waals surface area contributed by atoms with Gasteiger partial charge >= 0.3 is 0 Å². The van der Waals surface area contributed by atoms with Gasteiger partial charge in [0.1, 0.15) is 12.4 Å². The smallest absolute Gasteiger partial charge is 0.255 e. The van der Waals surface area contributed by atoms with E-state index in [4.69, 9.17) is 27.9 Å². The second-order valence-electron chi connectivity index (χ2n) is 11.8. The number of likely N-dealkylation sites (tertiary alicyclic amines) is 1. The minimum Gasteiger partial charge on any atom is -0.485 e. The van der Waals surface area contributed by atoms with Gasteiger partial charge in [-0.25, -0.2) is 12.8 Å². The number of halogens is 3. The second kappa shape index (κ2) is 11.7. The summed E-state index contributed by atoms with van der Waals surface area (Å²) in [7, 11) is -2.34. The Bertz CT molecular complexity index is 1580. The Hall–Kier alpha value is -2.85. The van der Waals surface area contributed by atoms with E-state index in [0.717, 1.165) is 24.5 Å². The largest absolute Gasteiger partial charge is 0.485 e. The van der Waals surface area contributed by atoms with Crippen LogP contribution in [0, 0.1) is 5.82 Å². The first-order chi connectivity index (χ1) is 19.8. The minimum atomic E-state index is -3.89. The number of benzene rings is 3. The average molecular weight is 635 g/mol. The molecule has 2 fully saturated rings. The third kappa shape index (κ3) is 5.97. The van der Waals surface area contributed by atoms with E-state index in [1.807, 2.05) is 51.1 Å². The minimum absolute atomic E-state index is 0.0685. The predicted molar refractivity (Wildman–Crippen MR) is 164 cm³/mol. The molecule has 2 aliphatic heterocycles. The first-order valence-electron chi connectivity index (χ1n) is 13.8. The lowest BCUT2D eigenvalue weighted by Crippen LogP contribution is -2.55. The average Bonchev–Trinajstić information content (AvgIpc) is 3.19. The normalized spacial score (nSPS) is 19.0. The highest BCUT2D eigenvalue weighted by Crippen LogP contribution is 2.45. The fourth-order valence-corrected chi connectivity index (χ4v) is 7.73. The molecule has 3 aromatic carbocycles. The van der Waals surface area contributed by atoms with E-state index in [0.29, 0.717) is 24.5 Å².